The molecule has 116 valence electrons. The predicted molar refractivity (Wildman–Crippen MR) is 82.7 cm³/mol. The summed E-state index contributed by atoms with van der Waals surface area (Å²) in [4.78, 5) is 11.7. The zero-order chi connectivity index (χ0) is 15.6. The van der Waals surface area contributed by atoms with Gasteiger partial charge >= 0.3 is 0 Å². The van der Waals surface area contributed by atoms with Gasteiger partial charge in [-0.25, -0.2) is 8.42 Å². The molecule has 5 heteroatoms. The van der Waals surface area contributed by atoms with Gasteiger partial charge < -0.3 is 4.74 Å². The highest BCUT2D eigenvalue weighted by Gasteiger charge is 2.30. The lowest BCUT2D eigenvalue weighted by molar-refractivity contribution is 0.100. The Morgan fingerprint density at radius 3 is 2.62 bits per heavy atom. The molecule has 1 aliphatic carbocycles. The molecule has 0 N–H and O–H groups in total. The zero-order valence-electron chi connectivity index (χ0n) is 12.8. The number of aryl methyl sites for hydroxylation is 1. The van der Waals surface area contributed by atoms with Crippen LogP contribution in [-0.2, 0) is 9.84 Å². The van der Waals surface area contributed by atoms with Crippen LogP contribution in [0.1, 0.15) is 48.5 Å². The fraction of sp³-hybridized carbons (Fsp3) is 0.562. The molecule has 0 aromatic heterocycles. The molecule has 4 nitrogen and oxygen atoms in total. The number of rotatable bonds is 4. The van der Waals surface area contributed by atoms with Gasteiger partial charge in [0.1, 0.15) is 15.6 Å². The molecule has 0 heterocycles. The van der Waals surface area contributed by atoms with Crippen LogP contribution in [0, 0.1) is 6.92 Å². The summed E-state index contributed by atoms with van der Waals surface area (Å²) in [6.07, 6.45) is 4.02. The van der Waals surface area contributed by atoms with Crippen molar-refractivity contribution in [2.75, 3.05) is 6.26 Å². The highest BCUT2D eigenvalue weighted by atomic mass is 32.2. The van der Waals surface area contributed by atoms with Gasteiger partial charge in [0.15, 0.2) is 5.78 Å². The molecule has 0 amide bonds. The van der Waals surface area contributed by atoms with E-state index in [0.717, 1.165) is 18.4 Å². The lowest BCUT2D eigenvalue weighted by Crippen LogP contribution is -2.33. The summed E-state index contributed by atoms with van der Waals surface area (Å²) >= 11 is 0. The van der Waals surface area contributed by atoms with E-state index in [-0.39, 0.29) is 17.1 Å². The number of sulfone groups is 1. The van der Waals surface area contributed by atoms with E-state index >= 15 is 0 Å². The van der Waals surface area contributed by atoms with Crippen molar-refractivity contribution in [1.82, 2.24) is 0 Å². The molecule has 2 rings (SSSR count). The van der Waals surface area contributed by atoms with Crippen LogP contribution >= 0.6 is 0 Å². The molecule has 0 aliphatic heterocycles. The van der Waals surface area contributed by atoms with Crippen LogP contribution in [0.2, 0.25) is 0 Å². The molecule has 0 bridgehead atoms. The van der Waals surface area contributed by atoms with Crippen LogP contribution < -0.4 is 4.74 Å². The minimum Gasteiger partial charge on any atom is -0.490 e. The maximum atomic E-state index is 11.7. The Balaban J connectivity index is 2.18. The smallest absolute Gasteiger partial charge is 0.163 e. The highest BCUT2D eigenvalue weighted by molar-refractivity contribution is 7.91. The molecule has 0 spiro atoms. The van der Waals surface area contributed by atoms with E-state index in [4.69, 9.17) is 4.74 Å². The third-order valence-corrected chi connectivity index (χ3v) is 5.63. The van der Waals surface area contributed by atoms with Crippen molar-refractivity contribution in [3.05, 3.63) is 29.3 Å². The topological polar surface area (TPSA) is 60.4 Å². The normalized spacial score (nSPS) is 22.8. The molecule has 1 aromatic rings. The molecular formula is C16H22O4S. The second-order valence-corrected chi connectivity index (χ2v) is 8.24. The second kappa shape index (κ2) is 6.18. The molecule has 0 radical (unpaired) electrons. The average Bonchev–Trinajstić information content (AvgIpc) is 2.37. The molecule has 21 heavy (non-hydrogen) atoms. The van der Waals surface area contributed by atoms with Crippen LogP contribution in [0.4, 0.5) is 0 Å². The monoisotopic (exact) mass is 310 g/mol. The van der Waals surface area contributed by atoms with Gasteiger partial charge in [-0.3, -0.25) is 4.79 Å². The van der Waals surface area contributed by atoms with Crippen molar-refractivity contribution >= 4 is 15.6 Å². The summed E-state index contributed by atoms with van der Waals surface area (Å²) in [6, 6.07) is 5.49. The molecule has 2 unspecified atom stereocenters. The first-order valence-corrected chi connectivity index (χ1v) is 9.20. The van der Waals surface area contributed by atoms with Crippen LogP contribution in [-0.4, -0.2) is 31.8 Å². The molecule has 1 fully saturated rings. The van der Waals surface area contributed by atoms with E-state index in [1.165, 1.54) is 13.2 Å². The van der Waals surface area contributed by atoms with Crippen LogP contribution in [0.5, 0.6) is 5.75 Å². The summed E-state index contributed by atoms with van der Waals surface area (Å²) in [7, 11) is -3.03. The first-order chi connectivity index (χ1) is 9.77. The van der Waals surface area contributed by atoms with Gasteiger partial charge in [0.2, 0.25) is 0 Å². The van der Waals surface area contributed by atoms with Crippen molar-refractivity contribution in [1.29, 1.82) is 0 Å². The highest BCUT2D eigenvalue weighted by Crippen LogP contribution is 2.29. The Kier molecular flexibility index (Phi) is 4.71. The largest absolute Gasteiger partial charge is 0.490 e. The van der Waals surface area contributed by atoms with Gasteiger partial charge in [0.25, 0.3) is 0 Å². The average molecular weight is 310 g/mol. The van der Waals surface area contributed by atoms with Crippen molar-refractivity contribution in [3.63, 3.8) is 0 Å². The number of Topliss-reactive ketones (excluding diaryl/α,β-unsaturated/α-hetero) is 1. The summed E-state index contributed by atoms with van der Waals surface area (Å²) < 4.78 is 29.4. The summed E-state index contributed by atoms with van der Waals surface area (Å²) in [6.45, 7) is 3.45. The zero-order valence-corrected chi connectivity index (χ0v) is 13.6. The summed E-state index contributed by atoms with van der Waals surface area (Å²) in [5.74, 6) is 0.530. The first-order valence-electron chi connectivity index (χ1n) is 7.24. The third-order valence-electron chi connectivity index (χ3n) is 3.99. The Hall–Kier alpha value is -1.36. The Bertz CT molecular complexity index is 634. The number of carbonyl (C=O) groups excluding carboxylic acids is 1. The van der Waals surface area contributed by atoms with Crippen molar-refractivity contribution in [2.24, 2.45) is 0 Å². The minimum atomic E-state index is -3.03. The Labute approximate surface area is 126 Å². The lowest BCUT2D eigenvalue weighted by atomic mass is 9.97. The number of carbonyl (C=O) groups is 1. The minimum absolute atomic E-state index is 0.0412. The number of ketones is 1. The SMILES string of the molecule is CC(=O)c1ccc(C)cc1OC1CCCC(S(C)(=O)=O)C1. The van der Waals surface area contributed by atoms with Crippen LogP contribution in [0.15, 0.2) is 18.2 Å². The van der Waals surface area contributed by atoms with Crippen molar-refractivity contribution in [3.8, 4) is 5.75 Å². The van der Waals surface area contributed by atoms with Crippen LogP contribution in [0.25, 0.3) is 0 Å². The van der Waals surface area contributed by atoms with Crippen LogP contribution in [0.3, 0.4) is 0 Å². The maximum Gasteiger partial charge on any atom is 0.163 e. The summed E-state index contributed by atoms with van der Waals surface area (Å²) in [5, 5.41) is -0.332. The molecule has 2 atom stereocenters. The van der Waals surface area contributed by atoms with E-state index in [9.17, 15) is 13.2 Å². The second-order valence-electron chi connectivity index (χ2n) is 5.91. The fourth-order valence-corrected chi connectivity index (χ4v) is 3.95. The molecule has 0 saturated heterocycles. The van der Waals surface area contributed by atoms with E-state index in [1.54, 1.807) is 6.07 Å². The Morgan fingerprint density at radius 1 is 1.29 bits per heavy atom. The quantitative estimate of drug-likeness (QED) is 0.802. The first kappa shape index (κ1) is 16.0. The number of ether oxygens (including phenoxy) is 1. The van der Waals surface area contributed by atoms with Gasteiger partial charge in [0, 0.05) is 12.7 Å². The predicted octanol–water partition coefficient (Wildman–Crippen LogP) is 2.93. The van der Waals surface area contributed by atoms with Gasteiger partial charge in [-0.15, -0.1) is 0 Å². The molecule has 1 aromatic carbocycles. The molecule has 1 saturated carbocycles. The number of benzene rings is 1. The summed E-state index contributed by atoms with van der Waals surface area (Å²) in [5.41, 5.74) is 1.58. The standard InChI is InChI=1S/C16H22O4S/c1-11-7-8-15(12(2)17)16(9-11)20-13-5-4-6-14(10-13)21(3,18)19/h7-9,13-14H,4-6,10H2,1-3H3. The van der Waals surface area contributed by atoms with E-state index < -0.39 is 9.84 Å². The number of hydrogen-bond acceptors (Lipinski definition) is 4. The van der Waals surface area contributed by atoms with E-state index in [1.807, 2.05) is 19.1 Å². The van der Waals surface area contributed by atoms with Gasteiger partial charge in [0.05, 0.1) is 16.9 Å². The molecule has 1 aliphatic rings. The number of hydrogen-bond donors (Lipinski definition) is 0. The maximum absolute atomic E-state index is 11.7. The van der Waals surface area contributed by atoms with E-state index in [0.29, 0.717) is 24.2 Å². The third kappa shape index (κ3) is 4.06. The lowest BCUT2D eigenvalue weighted by Gasteiger charge is -2.29. The Morgan fingerprint density at radius 2 is 2.00 bits per heavy atom. The van der Waals surface area contributed by atoms with Gasteiger partial charge in [-0.2, -0.15) is 0 Å². The van der Waals surface area contributed by atoms with Gasteiger partial charge in [-0.1, -0.05) is 6.07 Å². The van der Waals surface area contributed by atoms with Crippen molar-refractivity contribution in [2.45, 2.75) is 50.9 Å². The van der Waals surface area contributed by atoms with E-state index in [2.05, 4.69) is 0 Å². The molecular weight excluding hydrogens is 288 g/mol. The van der Waals surface area contributed by atoms with Gasteiger partial charge in [-0.05, 0) is 50.8 Å². The van der Waals surface area contributed by atoms with Crippen molar-refractivity contribution < 1.29 is 17.9 Å². The fourth-order valence-electron chi connectivity index (χ4n) is 2.80.